The van der Waals surface area contributed by atoms with Gasteiger partial charge in [-0.3, -0.25) is 4.68 Å². The highest BCUT2D eigenvalue weighted by atomic mass is 16.2. The summed E-state index contributed by atoms with van der Waals surface area (Å²) in [6.45, 7) is 2.50. The number of likely N-dealkylation sites (tertiary alicyclic amines) is 1. The molecule has 1 saturated carbocycles. The van der Waals surface area contributed by atoms with Crippen LogP contribution in [0, 0.1) is 5.92 Å². The van der Waals surface area contributed by atoms with E-state index in [9.17, 15) is 4.79 Å². The first-order valence-electron chi connectivity index (χ1n) is 9.22. The summed E-state index contributed by atoms with van der Waals surface area (Å²) in [4.78, 5) is 14.5. The fourth-order valence-electron chi connectivity index (χ4n) is 3.99. The quantitative estimate of drug-likeness (QED) is 0.931. The van der Waals surface area contributed by atoms with Gasteiger partial charge >= 0.3 is 6.03 Å². The molecule has 2 fully saturated rings. The third-order valence-electron chi connectivity index (χ3n) is 5.46. The highest BCUT2D eigenvalue weighted by molar-refractivity contribution is 5.74. The lowest BCUT2D eigenvalue weighted by molar-refractivity contribution is 0.147. The van der Waals surface area contributed by atoms with Gasteiger partial charge in [0.2, 0.25) is 0 Å². The second-order valence-electron chi connectivity index (χ2n) is 7.30. The third kappa shape index (κ3) is 3.83. The van der Waals surface area contributed by atoms with E-state index in [1.54, 1.807) is 6.20 Å². The van der Waals surface area contributed by atoms with Crippen LogP contribution >= 0.6 is 0 Å². The Morgan fingerprint density at radius 2 is 2.08 bits per heavy atom. The molecule has 4 rings (SSSR count). The van der Waals surface area contributed by atoms with Crippen molar-refractivity contribution in [3.63, 3.8) is 0 Å². The van der Waals surface area contributed by atoms with Crippen LogP contribution < -0.4 is 5.32 Å². The van der Waals surface area contributed by atoms with Crippen LogP contribution in [0.4, 0.5) is 4.79 Å². The summed E-state index contributed by atoms with van der Waals surface area (Å²) in [6, 6.07) is 11.0. The Bertz CT molecular complexity index is 681. The lowest BCUT2D eigenvalue weighted by Crippen LogP contribution is -2.52. The second-order valence-corrected chi connectivity index (χ2v) is 7.30. The van der Waals surface area contributed by atoms with Crippen molar-refractivity contribution in [1.82, 2.24) is 25.2 Å². The molecule has 1 aromatic heterocycles. The van der Waals surface area contributed by atoms with Gasteiger partial charge < -0.3 is 10.2 Å². The highest BCUT2D eigenvalue weighted by Gasteiger charge is 2.33. The van der Waals surface area contributed by atoms with Crippen LogP contribution in [0.3, 0.4) is 0 Å². The monoisotopic (exact) mass is 339 g/mol. The van der Waals surface area contributed by atoms with E-state index in [0.29, 0.717) is 17.9 Å². The van der Waals surface area contributed by atoms with Gasteiger partial charge in [0.15, 0.2) is 0 Å². The lowest BCUT2D eigenvalue weighted by Gasteiger charge is -2.39. The van der Waals surface area contributed by atoms with Gasteiger partial charge in [0.1, 0.15) is 0 Å². The summed E-state index contributed by atoms with van der Waals surface area (Å²) in [5.41, 5.74) is 1.39. The Kier molecular flexibility index (Phi) is 4.68. The molecule has 1 aliphatic heterocycles. The average molecular weight is 339 g/mol. The molecule has 1 N–H and O–H groups in total. The van der Waals surface area contributed by atoms with Crippen molar-refractivity contribution in [2.75, 3.05) is 13.1 Å². The number of carbonyl (C=O) groups is 1. The number of urea groups is 1. The Labute approximate surface area is 148 Å². The summed E-state index contributed by atoms with van der Waals surface area (Å²) in [5, 5.41) is 11.1. The molecule has 2 aliphatic rings. The molecule has 1 saturated heterocycles. The topological polar surface area (TPSA) is 63.1 Å². The molecule has 0 radical (unpaired) electrons. The SMILES string of the molecule is O=C(NC1CC(c2ccccc2)C1)N1CCC[C@H](Cn2ccnn2)C1. The largest absolute Gasteiger partial charge is 0.335 e. The zero-order valence-corrected chi connectivity index (χ0v) is 14.4. The number of hydrogen-bond acceptors (Lipinski definition) is 3. The minimum atomic E-state index is 0.0970. The molecule has 0 unspecified atom stereocenters. The van der Waals surface area contributed by atoms with E-state index in [4.69, 9.17) is 0 Å². The van der Waals surface area contributed by atoms with Gasteiger partial charge in [-0.15, -0.1) is 5.10 Å². The molecule has 6 heteroatoms. The van der Waals surface area contributed by atoms with Crippen LogP contribution in [0.5, 0.6) is 0 Å². The van der Waals surface area contributed by atoms with Gasteiger partial charge in [-0.2, -0.15) is 0 Å². The summed E-state index contributed by atoms with van der Waals surface area (Å²) in [7, 11) is 0. The van der Waals surface area contributed by atoms with Crippen molar-refractivity contribution in [3.05, 3.63) is 48.3 Å². The molecule has 2 aromatic rings. The Hall–Kier alpha value is -2.37. The minimum absolute atomic E-state index is 0.0970. The second kappa shape index (κ2) is 7.25. The van der Waals surface area contributed by atoms with Crippen LogP contribution in [0.1, 0.15) is 37.2 Å². The molecule has 132 valence electrons. The summed E-state index contributed by atoms with van der Waals surface area (Å²) in [5.74, 6) is 1.05. The van der Waals surface area contributed by atoms with E-state index in [0.717, 1.165) is 45.3 Å². The van der Waals surface area contributed by atoms with Gasteiger partial charge in [0.05, 0.1) is 6.20 Å². The lowest BCUT2D eigenvalue weighted by atomic mass is 9.76. The Morgan fingerprint density at radius 1 is 1.24 bits per heavy atom. The van der Waals surface area contributed by atoms with Crippen molar-refractivity contribution in [2.45, 2.75) is 44.2 Å². The Balaban J connectivity index is 1.24. The number of nitrogens with zero attached hydrogens (tertiary/aromatic N) is 4. The number of nitrogens with one attached hydrogen (secondary N) is 1. The Morgan fingerprint density at radius 3 is 2.84 bits per heavy atom. The zero-order chi connectivity index (χ0) is 17.1. The fourth-order valence-corrected chi connectivity index (χ4v) is 3.99. The smallest absolute Gasteiger partial charge is 0.317 e. The van der Waals surface area contributed by atoms with E-state index >= 15 is 0 Å². The van der Waals surface area contributed by atoms with Crippen LogP contribution in [0.15, 0.2) is 42.7 Å². The molecular formula is C19H25N5O. The van der Waals surface area contributed by atoms with Crippen LogP contribution in [0.2, 0.25) is 0 Å². The molecule has 2 heterocycles. The van der Waals surface area contributed by atoms with E-state index in [-0.39, 0.29) is 6.03 Å². The molecule has 0 spiro atoms. The number of benzene rings is 1. The minimum Gasteiger partial charge on any atom is -0.335 e. The van der Waals surface area contributed by atoms with Crippen LogP contribution in [-0.4, -0.2) is 45.1 Å². The van der Waals surface area contributed by atoms with E-state index in [2.05, 4.69) is 39.9 Å². The number of amides is 2. The van der Waals surface area contributed by atoms with Crippen LogP contribution in [-0.2, 0) is 6.54 Å². The van der Waals surface area contributed by atoms with Gasteiger partial charge in [-0.25, -0.2) is 4.79 Å². The number of aromatic nitrogens is 3. The van der Waals surface area contributed by atoms with E-state index in [1.165, 1.54) is 5.56 Å². The maximum absolute atomic E-state index is 12.6. The number of rotatable bonds is 4. The standard InChI is InChI=1S/C19H25N5O/c25-19(21-18-11-17(12-18)16-6-2-1-3-7-16)23-9-4-5-15(13-23)14-24-10-8-20-22-24/h1-3,6-8,10,15,17-18H,4-5,9,11-14H2,(H,21,25)/t15-,17?,18?/m0/s1. The molecule has 1 aliphatic carbocycles. The predicted molar refractivity (Wildman–Crippen MR) is 95.1 cm³/mol. The first-order chi connectivity index (χ1) is 12.3. The summed E-state index contributed by atoms with van der Waals surface area (Å²) >= 11 is 0. The predicted octanol–water partition coefficient (Wildman–Crippen LogP) is 2.65. The highest BCUT2D eigenvalue weighted by Crippen LogP contribution is 2.36. The first-order valence-corrected chi connectivity index (χ1v) is 9.22. The van der Waals surface area contributed by atoms with Crippen molar-refractivity contribution < 1.29 is 4.79 Å². The van der Waals surface area contributed by atoms with Gasteiger partial charge in [-0.1, -0.05) is 35.5 Å². The first kappa shape index (κ1) is 16.1. The van der Waals surface area contributed by atoms with Crippen LogP contribution in [0.25, 0.3) is 0 Å². The summed E-state index contributed by atoms with van der Waals surface area (Å²) < 4.78 is 1.86. The maximum atomic E-state index is 12.6. The molecular weight excluding hydrogens is 314 g/mol. The number of carbonyl (C=O) groups excluding carboxylic acids is 1. The van der Waals surface area contributed by atoms with Crippen molar-refractivity contribution in [3.8, 4) is 0 Å². The summed E-state index contributed by atoms with van der Waals surface area (Å²) in [6.07, 6.45) is 7.88. The maximum Gasteiger partial charge on any atom is 0.317 e. The van der Waals surface area contributed by atoms with Crippen molar-refractivity contribution >= 4 is 6.03 Å². The van der Waals surface area contributed by atoms with Gasteiger partial charge in [0, 0.05) is 31.9 Å². The van der Waals surface area contributed by atoms with E-state index in [1.807, 2.05) is 21.8 Å². The molecule has 1 atom stereocenters. The molecule has 25 heavy (non-hydrogen) atoms. The van der Waals surface area contributed by atoms with Gasteiger partial charge in [0.25, 0.3) is 0 Å². The number of piperidine rings is 1. The normalized spacial score (nSPS) is 26.1. The van der Waals surface area contributed by atoms with E-state index < -0.39 is 0 Å². The third-order valence-corrected chi connectivity index (χ3v) is 5.46. The fraction of sp³-hybridized carbons (Fsp3) is 0.526. The zero-order valence-electron chi connectivity index (χ0n) is 14.4. The molecule has 1 aromatic carbocycles. The average Bonchev–Trinajstić information content (AvgIpc) is 3.11. The number of hydrogen-bond donors (Lipinski definition) is 1. The van der Waals surface area contributed by atoms with Crippen molar-refractivity contribution in [1.29, 1.82) is 0 Å². The van der Waals surface area contributed by atoms with Crippen molar-refractivity contribution in [2.24, 2.45) is 5.92 Å². The van der Waals surface area contributed by atoms with Gasteiger partial charge in [-0.05, 0) is 43.1 Å². The molecule has 6 nitrogen and oxygen atoms in total. The molecule has 2 amide bonds. The molecule has 0 bridgehead atoms.